The topological polar surface area (TPSA) is 29.9 Å². The highest BCUT2D eigenvalue weighted by Crippen LogP contribution is 2.16. The molecule has 2 rings (SSSR count). The Labute approximate surface area is 115 Å². The van der Waals surface area contributed by atoms with Gasteiger partial charge in [-0.2, -0.15) is 0 Å². The lowest BCUT2D eigenvalue weighted by atomic mass is 10.2. The Morgan fingerprint density at radius 3 is 2.68 bits per heavy atom. The fraction of sp³-hybridized carbons (Fsp3) is 0.438. The fourth-order valence-electron chi connectivity index (χ4n) is 2.54. The zero-order valence-electron chi connectivity index (χ0n) is 12.3. The minimum absolute atomic E-state index is 0.269. The number of nitrogens with one attached hydrogen (secondary N) is 1. The molecule has 1 N–H and O–H groups in total. The molecule has 0 saturated heterocycles. The number of aryl methyl sites for hydroxylation is 1. The smallest absolute Gasteiger partial charge is 0.0570 e. The zero-order valence-corrected chi connectivity index (χ0v) is 12.3. The average molecular weight is 257 g/mol. The van der Waals surface area contributed by atoms with E-state index in [1.165, 1.54) is 17.0 Å². The van der Waals surface area contributed by atoms with E-state index in [1.807, 2.05) is 18.3 Å². The highest BCUT2D eigenvalue weighted by Gasteiger charge is 2.10. The lowest BCUT2D eigenvalue weighted by Crippen LogP contribution is -2.19. The Kier molecular flexibility index (Phi) is 4.38. The van der Waals surface area contributed by atoms with E-state index in [4.69, 9.17) is 0 Å². The highest BCUT2D eigenvalue weighted by atomic mass is 15.0. The summed E-state index contributed by atoms with van der Waals surface area (Å²) in [5, 5.41) is 3.54. The molecular weight excluding hydrogens is 234 g/mol. The van der Waals surface area contributed by atoms with E-state index in [0.717, 1.165) is 18.8 Å². The number of nitrogens with zero attached hydrogens (tertiary/aromatic N) is 2. The van der Waals surface area contributed by atoms with Crippen LogP contribution in [0.15, 0.2) is 30.5 Å². The van der Waals surface area contributed by atoms with E-state index in [0.29, 0.717) is 0 Å². The van der Waals surface area contributed by atoms with Gasteiger partial charge in [0.2, 0.25) is 0 Å². The molecule has 0 amide bonds. The van der Waals surface area contributed by atoms with Gasteiger partial charge < -0.3 is 9.88 Å². The highest BCUT2D eigenvalue weighted by molar-refractivity contribution is 5.26. The fourth-order valence-corrected chi connectivity index (χ4v) is 2.54. The predicted octanol–water partition coefficient (Wildman–Crippen LogP) is 3.37. The van der Waals surface area contributed by atoms with Crippen molar-refractivity contribution in [2.24, 2.45) is 0 Å². The lowest BCUT2D eigenvalue weighted by Gasteiger charge is -2.13. The number of hydrogen-bond acceptors (Lipinski definition) is 2. The number of aromatic nitrogens is 2. The first kappa shape index (κ1) is 13.8. The molecule has 0 spiro atoms. The molecule has 0 aromatic carbocycles. The Morgan fingerprint density at radius 1 is 1.32 bits per heavy atom. The Morgan fingerprint density at radius 2 is 2.11 bits per heavy atom. The Balaban J connectivity index is 2.03. The van der Waals surface area contributed by atoms with Gasteiger partial charge in [0.25, 0.3) is 0 Å². The van der Waals surface area contributed by atoms with Crippen molar-refractivity contribution in [2.75, 3.05) is 0 Å². The Bertz CT molecular complexity index is 528. The summed E-state index contributed by atoms with van der Waals surface area (Å²) in [7, 11) is 0. The van der Waals surface area contributed by atoms with Gasteiger partial charge in [-0.15, -0.1) is 0 Å². The lowest BCUT2D eigenvalue weighted by molar-refractivity contribution is 0.559. The third-order valence-corrected chi connectivity index (χ3v) is 3.72. The first-order chi connectivity index (χ1) is 9.13. The quantitative estimate of drug-likeness (QED) is 0.890. The number of rotatable bonds is 5. The summed E-state index contributed by atoms with van der Waals surface area (Å²) < 4.78 is 2.35. The van der Waals surface area contributed by atoms with Crippen LogP contribution >= 0.6 is 0 Å². The molecule has 0 aliphatic heterocycles. The van der Waals surface area contributed by atoms with Crippen LogP contribution < -0.4 is 5.32 Å². The molecule has 102 valence electrons. The van der Waals surface area contributed by atoms with E-state index >= 15 is 0 Å². The van der Waals surface area contributed by atoms with Crippen LogP contribution in [-0.4, -0.2) is 9.55 Å². The van der Waals surface area contributed by atoms with Gasteiger partial charge in [-0.1, -0.05) is 6.07 Å². The van der Waals surface area contributed by atoms with E-state index < -0.39 is 0 Å². The number of hydrogen-bond donors (Lipinski definition) is 1. The van der Waals surface area contributed by atoms with Gasteiger partial charge in [0.1, 0.15) is 0 Å². The molecule has 0 saturated carbocycles. The number of pyridine rings is 1. The first-order valence-electron chi connectivity index (χ1n) is 6.93. The van der Waals surface area contributed by atoms with Gasteiger partial charge in [0, 0.05) is 36.7 Å². The van der Waals surface area contributed by atoms with Gasteiger partial charge in [-0.05, 0) is 51.5 Å². The monoisotopic (exact) mass is 257 g/mol. The van der Waals surface area contributed by atoms with E-state index in [9.17, 15) is 0 Å². The first-order valence-corrected chi connectivity index (χ1v) is 6.93. The molecule has 0 bridgehead atoms. The maximum atomic E-state index is 4.38. The van der Waals surface area contributed by atoms with Crippen molar-refractivity contribution in [1.82, 2.24) is 14.9 Å². The van der Waals surface area contributed by atoms with Crippen molar-refractivity contribution in [1.29, 1.82) is 0 Å². The zero-order chi connectivity index (χ0) is 13.8. The summed E-state index contributed by atoms with van der Waals surface area (Å²) in [6.45, 7) is 10.6. The van der Waals surface area contributed by atoms with Crippen molar-refractivity contribution >= 4 is 0 Å². The molecule has 2 heterocycles. The minimum atomic E-state index is 0.269. The average Bonchev–Trinajstić information content (AvgIpc) is 2.71. The second-order valence-electron chi connectivity index (χ2n) is 5.00. The standard InChI is InChI=1S/C16H23N3/c1-5-19-12(2)10-15(14(19)4)11-18-13(3)16-8-6-7-9-17-16/h6-10,13,18H,5,11H2,1-4H3/t13-/m1/s1. The molecule has 3 nitrogen and oxygen atoms in total. The van der Waals surface area contributed by atoms with Crippen molar-refractivity contribution < 1.29 is 0 Å². The maximum Gasteiger partial charge on any atom is 0.0570 e. The summed E-state index contributed by atoms with van der Waals surface area (Å²) in [6, 6.07) is 8.59. The molecule has 0 fully saturated rings. The van der Waals surface area contributed by atoms with Crippen LogP contribution in [-0.2, 0) is 13.1 Å². The Hall–Kier alpha value is -1.61. The van der Waals surface area contributed by atoms with Gasteiger partial charge in [-0.3, -0.25) is 4.98 Å². The molecule has 0 unspecified atom stereocenters. The normalized spacial score (nSPS) is 12.6. The second kappa shape index (κ2) is 6.02. The molecule has 3 heteroatoms. The van der Waals surface area contributed by atoms with Crippen LogP contribution in [0, 0.1) is 13.8 Å². The van der Waals surface area contributed by atoms with Crippen molar-refractivity contribution in [3.05, 3.63) is 53.1 Å². The summed E-state index contributed by atoms with van der Waals surface area (Å²) in [5.41, 5.74) is 5.16. The summed E-state index contributed by atoms with van der Waals surface area (Å²) in [6.07, 6.45) is 1.84. The molecular formula is C16H23N3. The minimum Gasteiger partial charge on any atom is -0.349 e. The molecule has 1 atom stereocenters. The van der Waals surface area contributed by atoms with E-state index in [-0.39, 0.29) is 6.04 Å². The maximum absolute atomic E-state index is 4.38. The third kappa shape index (κ3) is 3.04. The van der Waals surface area contributed by atoms with Gasteiger partial charge in [-0.25, -0.2) is 0 Å². The van der Waals surface area contributed by atoms with E-state index in [1.54, 1.807) is 0 Å². The van der Waals surface area contributed by atoms with Crippen molar-refractivity contribution in [3.8, 4) is 0 Å². The summed E-state index contributed by atoms with van der Waals surface area (Å²) >= 11 is 0. The summed E-state index contributed by atoms with van der Waals surface area (Å²) in [5.74, 6) is 0. The van der Waals surface area contributed by atoms with Gasteiger partial charge in [0.15, 0.2) is 0 Å². The van der Waals surface area contributed by atoms with Crippen LogP contribution in [0.25, 0.3) is 0 Å². The molecule has 0 aliphatic carbocycles. The van der Waals surface area contributed by atoms with Gasteiger partial charge in [0.05, 0.1) is 5.69 Å². The van der Waals surface area contributed by atoms with Gasteiger partial charge >= 0.3 is 0 Å². The van der Waals surface area contributed by atoms with Crippen LogP contribution in [0.1, 0.15) is 42.5 Å². The molecule has 2 aromatic rings. The molecule has 19 heavy (non-hydrogen) atoms. The molecule has 0 radical (unpaired) electrons. The SMILES string of the molecule is CCn1c(C)cc(CN[C@H](C)c2ccccn2)c1C. The van der Waals surface area contributed by atoms with Crippen LogP contribution in [0.5, 0.6) is 0 Å². The second-order valence-corrected chi connectivity index (χ2v) is 5.00. The van der Waals surface area contributed by atoms with Crippen LogP contribution in [0.2, 0.25) is 0 Å². The van der Waals surface area contributed by atoms with E-state index in [2.05, 4.69) is 54.7 Å². The largest absolute Gasteiger partial charge is 0.349 e. The predicted molar refractivity (Wildman–Crippen MR) is 79.1 cm³/mol. The third-order valence-electron chi connectivity index (χ3n) is 3.72. The van der Waals surface area contributed by atoms with Crippen molar-refractivity contribution in [3.63, 3.8) is 0 Å². The van der Waals surface area contributed by atoms with Crippen LogP contribution in [0.4, 0.5) is 0 Å². The summed E-state index contributed by atoms with van der Waals surface area (Å²) in [4.78, 5) is 4.38. The molecule has 2 aromatic heterocycles. The molecule has 0 aliphatic rings. The van der Waals surface area contributed by atoms with Crippen LogP contribution in [0.3, 0.4) is 0 Å². The van der Waals surface area contributed by atoms with Crippen molar-refractivity contribution in [2.45, 2.75) is 46.8 Å².